The third kappa shape index (κ3) is 7.59. The molecule has 0 saturated carbocycles. The van der Waals surface area contributed by atoms with Crippen molar-refractivity contribution in [3.63, 3.8) is 0 Å². The van der Waals surface area contributed by atoms with Crippen LogP contribution >= 0.6 is 0 Å². The molecule has 32 heavy (non-hydrogen) atoms. The lowest BCUT2D eigenvalue weighted by molar-refractivity contribution is -0.139. The van der Waals surface area contributed by atoms with Crippen molar-refractivity contribution in [2.24, 2.45) is 0 Å². The summed E-state index contributed by atoms with van der Waals surface area (Å²) in [6, 6.07) is 15.2. The highest BCUT2D eigenvalue weighted by molar-refractivity contribution is 5.87. The van der Waals surface area contributed by atoms with E-state index in [0.717, 1.165) is 24.0 Å². The van der Waals surface area contributed by atoms with Gasteiger partial charge < -0.3 is 19.7 Å². The molecular formula is C26H36N2O4. The number of carbonyl (C=O) groups excluding carboxylic acids is 2. The molecule has 0 aromatic heterocycles. The lowest BCUT2D eigenvalue weighted by atomic mass is 10.1. The van der Waals surface area contributed by atoms with Crippen LogP contribution in [0.4, 0.5) is 0 Å². The molecule has 174 valence electrons. The van der Waals surface area contributed by atoms with Crippen LogP contribution in [-0.2, 0) is 22.4 Å². The molecule has 0 radical (unpaired) electrons. The zero-order chi connectivity index (χ0) is 23.3. The van der Waals surface area contributed by atoms with Crippen molar-refractivity contribution in [1.29, 1.82) is 0 Å². The van der Waals surface area contributed by atoms with E-state index in [2.05, 4.69) is 12.2 Å². The fourth-order valence-electron chi connectivity index (χ4n) is 3.54. The number of benzene rings is 2. The Hall–Kier alpha value is -3.02. The van der Waals surface area contributed by atoms with Crippen molar-refractivity contribution >= 4 is 11.8 Å². The van der Waals surface area contributed by atoms with E-state index in [1.165, 1.54) is 0 Å². The normalized spacial score (nSPS) is 11.5. The second-order valence-electron chi connectivity index (χ2n) is 7.83. The van der Waals surface area contributed by atoms with Gasteiger partial charge in [0.1, 0.15) is 6.04 Å². The van der Waals surface area contributed by atoms with Crippen LogP contribution in [0, 0.1) is 0 Å². The zero-order valence-corrected chi connectivity index (χ0v) is 19.7. The largest absolute Gasteiger partial charge is 0.493 e. The van der Waals surface area contributed by atoms with Crippen molar-refractivity contribution in [1.82, 2.24) is 10.2 Å². The third-order valence-corrected chi connectivity index (χ3v) is 5.56. The number of nitrogens with one attached hydrogen (secondary N) is 1. The predicted octanol–water partition coefficient (Wildman–Crippen LogP) is 4.01. The molecule has 0 unspecified atom stereocenters. The number of hydrogen-bond acceptors (Lipinski definition) is 4. The highest BCUT2D eigenvalue weighted by Gasteiger charge is 2.25. The lowest BCUT2D eigenvalue weighted by Crippen LogP contribution is -2.49. The highest BCUT2D eigenvalue weighted by Crippen LogP contribution is 2.28. The smallest absolute Gasteiger partial charge is 0.242 e. The van der Waals surface area contributed by atoms with Crippen molar-refractivity contribution in [2.75, 3.05) is 27.3 Å². The summed E-state index contributed by atoms with van der Waals surface area (Å²) in [5.41, 5.74) is 2.13. The number of nitrogens with zero attached hydrogens (tertiary/aromatic N) is 1. The molecule has 0 aliphatic heterocycles. The van der Waals surface area contributed by atoms with E-state index in [1.54, 1.807) is 26.0 Å². The van der Waals surface area contributed by atoms with Crippen LogP contribution in [0.2, 0.25) is 0 Å². The minimum atomic E-state index is -0.520. The molecule has 0 spiro atoms. The van der Waals surface area contributed by atoms with Gasteiger partial charge in [-0.25, -0.2) is 0 Å². The summed E-state index contributed by atoms with van der Waals surface area (Å²) in [4.78, 5) is 27.6. The summed E-state index contributed by atoms with van der Waals surface area (Å²) < 4.78 is 10.6. The van der Waals surface area contributed by atoms with Gasteiger partial charge in [0.2, 0.25) is 11.8 Å². The van der Waals surface area contributed by atoms with Gasteiger partial charge in [-0.15, -0.1) is 0 Å². The number of amides is 2. The van der Waals surface area contributed by atoms with E-state index < -0.39 is 6.04 Å². The maximum atomic E-state index is 13.2. The quantitative estimate of drug-likeness (QED) is 0.478. The van der Waals surface area contributed by atoms with Crippen molar-refractivity contribution < 1.29 is 19.1 Å². The van der Waals surface area contributed by atoms with Gasteiger partial charge >= 0.3 is 0 Å². The summed E-state index contributed by atoms with van der Waals surface area (Å²) in [6.45, 7) is 5.02. The Bertz CT molecular complexity index is 854. The molecule has 1 N–H and O–H groups in total. The van der Waals surface area contributed by atoms with E-state index in [-0.39, 0.29) is 11.8 Å². The SMILES string of the molecule is CCCCNC(=O)[C@@H](C)N(CCc1ccccc1)C(=O)CCc1ccc(OC)c(OC)c1. The number of hydrogen-bond donors (Lipinski definition) is 1. The van der Waals surface area contributed by atoms with Gasteiger partial charge in [0.15, 0.2) is 11.5 Å². The molecule has 2 rings (SSSR count). The Kier molecular flexibility index (Phi) is 10.6. The first-order chi connectivity index (χ1) is 15.5. The average Bonchev–Trinajstić information content (AvgIpc) is 2.83. The number of unbranched alkanes of at least 4 members (excludes halogenated alkanes) is 1. The molecule has 0 aliphatic carbocycles. The Morgan fingerprint density at radius 1 is 0.969 bits per heavy atom. The average molecular weight is 441 g/mol. The molecule has 1 atom stereocenters. The summed E-state index contributed by atoms with van der Waals surface area (Å²) >= 11 is 0. The number of carbonyl (C=O) groups is 2. The Morgan fingerprint density at radius 2 is 1.69 bits per heavy atom. The molecule has 0 heterocycles. The summed E-state index contributed by atoms with van der Waals surface area (Å²) in [6.07, 6.45) is 3.52. The minimum absolute atomic E-state index is 0.0335. The molecular weight excluding hydrogens is 404 g/mol. The van der Waals surface area contributed by atoms with Crippen LogP contribution in [0.5, 0.6) is 11.5 Å². The number of methoxy groups -OCH3 is 2. The summed E-state index contributed by atoms with van der Waals surface area (Å²) in [7, 11) is 3.19. The van der Waals surface area contributed by atoms with Crippen LogP contribution in [0.15, 0.2) is 48.5 Å². The maximum absolute atomic E-state index is 13.2. The van der Waals surface area contributed by atoms with Gasteiger partial charge in [0, 0.05) is 19.5 Å². The molecule has 6 heteroatoms. The Labute approximate surface area is 191 Å². The van der Waals surface area contributed by atoms with E-state index >= 15 is 0 Å². The lowest BCUT2D eigenvalue weighted by Gasteiger charge is -2.29. The van der Waals surface area contributed by atoms with E-state index in [4.69, 9.17) is 9.47 Å². The van der Waals surface area contributed by atoms with Gasteiger partial charge in [-0.05, 0) is 49.4 Å². The van der Waals surface area contributed by atoms with Crippen LogP contribution in [0.3, 0.4) is 0 Å². The number of aryl methyl sites for hydroxylation is 1. The summed E-state index contributed by atoms with van der Waals surface area (Å²) in [5, 5.41) is 2.96. The number of rotatable bonds is 13. The van der Waals surface area contributed by atoms with Crippen molar-refractivity contribution in [3.8, 4) is 11.5 Å². The molecule has 0 saturated heterocycles. The van der Waals surface area contributed by atoms with Crippen molar-refractivity contribution in [2.45, 2.75) is 52.0 Å². The fourth-order valence-corrected chi connectivity index (χ4v) is 3.54. The van der Waals surface area contributed by atoms with E-state index in [9.17, 15) is 9.59 Å². The number of ether oxygens (including phenoxy) is 2. The molecule has 0 fully saturated rings. The van der Waals surface area contributed by atoms with Crippen LogP contribution < -0.4 is 14.8 Å². The first kappa shape index (κ1) is 25.2. The predicted molar refractivity (Wildman–Crippen MR) is 127 cm³/mol. The van der Waals surface area contributed by atoms with E-state index in [0.29, 0.717) is 43.9 Å². The van der Waals surface area contributed by atoms with Crippen LogP contribution in [0.1, 0.15) is 44.2 Å². The van der Waals surface area contributed by atoms with Crippen LogP contribution in [0.25, 0.3) is 0 Å². The van der Waals surface area contributed by atoms with E-state index in [1.807, 2.05) is 48.5 Å². The second-order valence-corrected chi connectivity index (χ2v) is 7.83. The zero-order valence-electron chi connectivity index (χ0n) is 19.7. The molecule has 6 nitrogen and oxygen atoms in total. The van der Waals surface area contributed by atoms with Gasteiger partial charge in [-0.1, -0.05) is 49.7 Å². The third-order valence-electron chi connectivity index (χ3n) is 5.56. The Balaban J connectivity index is 2.07. The van der Waals surface area contributed by atoms with Gasteiger partial charge in [-0.3, -0.25) is 9.59 Å². The molecule has 2 aromatic rings. The first-order valence-corrected chi connectivity index (χ1v) is 11.3. The second kappa shape index (κ2) is 13.4. The van der Waals surface area contributed by atoms with Gasteiger partial charge in [-0.2, -0.15) is 0 Å². The fraction of sp³-hybridized carbons (Fsp3) is 0.462. The minimum Gasteiger partial charge on any atom is -0.493 e. The monoisotopic (exact) mass is 440 g/mol. The Morgan fingerprint density at radius 3 is 2.34 bits per heavy atom. The van der Waals surface area contributed by atoms with Crippen molar-refractivity contribution in [3.05, 3.63) is 59.7 Å². The topological polar surface area (TPSA) is 67.9 Å². The van der Waals surface area contributed by atoms with Crippen LogP contribution in [-0.4, -0.2) is 50.1 Å². The summed E-state index contributed by atoms with van der Waals surface area (Å²) in [5.74, 6) is 1.16. The molecule has 2 amide bonds. The maximum Gasteiger partial charge on any atom is 0.242 e. The highest BCUT2D eigenvalue weighted by atomic mass is 16.5. The molecule has 0 bridgehead atoms. The molecule has 2 aromatic carbocycles. The standard InChI is InChI=1S/C26H36N2O4/c1-5-6-17-27-26(30)20(2)28(18-16-21-10-8-7-9-11-21)25(29)15-13-22-12-14-23(31-3)24(19-22)32-4/h7-12,14,19-20H,5-6,13,15-18H2,1-4H3,(H,27,30)/t20-/m1/s1. The van der Waals surface area contributed by atoms with Gasteiger partial charge in [0.25, 0.3) is 0 Å². The first-order valence-electron chi connectivity index (χ1n) is 11.3. The van der Waals surface area contributed by atoms with Gasteiger partial charge in [0.05, 0.1) is 14.2 Å². The molecule has 0 aliphatic rings.